The molecule has 5 nitrogen and oxygen atoms in total. The summed E-state index contributed by atoms with van der Waals surface area (Å²) in [4.78, 5) is 25.2. The molecular formula is C15H15N3O2S. The molecule has 1 aromatic carbocycles. The predicted molar refractivity (Wildman–Crippen MR) is 85.1 cm³/mol. The molecule has 0 fully saturated rings. The van der Waals surface area contributed by atoms with E-state index < -0.39 is 0 Å². The van der Waals surface area contributed by atoms with E-state index in [1.165, 1.54) is 11.3 Å². The number of thiophene rings is 1. The summed E-state index contributed by atoms with van der Waals surface area (Å²) in [6.45, 7) is 0. The predicted octanol–water partition coefficient (Wildman–Crippen LogP) is 3.30. The van der Waals surface area contributed by atoms with E-state index >= 15 is 0 Å². The first kappa shape index (κ1) is 13.6. The lowest BCUT2D eigenvalue weighted by Gasteiger charge is -2.26. The van der Waals surface area contributed by atoms with Gasteiger partial charge in [0.1, 0.15) is 0 Å². The second-order valence-corrected chi connectivity index (χ2v) is 5.80. The van der Waals surface area contributed by atoms with Crippen LogP contribution in [0, 0.1) is 0 Å². The number of carbonyl (C=O) groups is 2. The van der Waals surface area contributed by atoms with Gasteiger partial charge in [-0.25, -0.2) is 4.79 Å². The quantitative estimate of drug-likeness (QED) is 0.894. The van der Waals surface area contributed by atoms with Gasteiger partial charge in [0.15, 0.2) is 0 Å². The molecule has 3 amide bonds. The number of nitrogens with one attached hydrogen (secondary N) is 2. The lowest BCUT2D eigenvalue weighted by Crippen LogP contribution is -2.31. The molecule has 0 saturated carbocycles. The van der Waals surface area contributed by atoms with E-state index in [-0.39, 0.29) is 11.9 Å². The molecule has 1 aromatic heterocycles. The van der Waals surface area contributed by atoms with Crippen molar-refractivity contribution >= 4 is 39.7 Å². The van der Waals surface area contributed by atoms with Crippen LogP contribution in [0.5, 0.6) is 0 Å². The Kier molecular flexibility index (Phi) is 3.62. The number of urea groups is 1. The highest BCUT2D eigenvalue weighted by Gasteiger charge is 2.20. The molecule has 6 heteroatoms. The average Bonchev–Trinajstić information content (AvgIpc) is 2.96. The molecular weight excluding hydrogens is 286 g/mol. The molecule has 108 valence electrons. The Morgan fingerprint density at radius 1 is 1.24 bits per heavy atom. The maximum Gasteiger partial charge on any atom is 0.324 e. The van der Waals surface area contributed by atoms with Gasteiger partial charge in [-0.3, -0.25) is 10.1 Å². The summed E-state index contributed by atoms with van der Waals surface area (Å²) in [5.74, 6) is 0.124. The van der Waals surface area contributed by atoms with Crippen LogP contribution in [-0.2, 0) is 11.2 Å². The lowest BCUT2D eigenvalue weighted by molar-refractivity contribution is -0.118. The van der Waals surface area contributed by atoms with Gasteiger partial charge in [-0.05, 0) is 47.7 Å². The Morgan fingerprint density at radius 2 is 2.10 bits per heavy atom. The molecule has 0 bridgehead atoms. The van der Waals surface area contributed by atoms with Crippen LogP contribution in [0.3, 0.4) is 0 Å². The van der Waals surface area contributed by atoms with Crippen molar-refractivity contribution < 1.29 is 9.59 Å². The third kappa shape index (κ3) is 2.90. The molecule has 0 radical (unpaired) electrons. The van der Waals surface area contributed by atoms with Gasteiger partial charge in [-0.15, -0.1) is 11.3 Å². The standard InChI is InChI=1S/C15H15N3O2S/c1-18-12-6-5-11(9-10(12)4-7-14(18)19)16-15(20)17-13-3-2-8-21-13/h2-3,5-6,8-9H,4,7H2,1H3,(H2,16,17,20). The first-order chi connectivity index (χ1) is 10.1. The van der Waals surface area contributed by atoms with Gasteiger partial charge in [0.05, 0.1) is 5.00 Å². The van der Waals surface area contributed by atoms with Gasteiger partial charge in [0, 0.05) is 24.8 Å². The highest BCUT2D eigenvalue weighted by molar-refractivity contribution is 7.14. The van der Waals surface area contributed by atoms with E-state index in [0.717, 1.165) is 21.9 Å². The summed E-state index contributed by atoms with van der Waals surface area (Å²) >= 11 is 1.47. The molecule has 3 rings (SSSR count). The summed E-state index contributed by atoms with van der Waals surface area (Å²) < 4.78 is 0. The van der Waals surface area contributed by atoms with Gasteiger partial charge < -0.3 is 10.2 Å². The number of hydrogen-bond acceptors (Lipinski definition) is 3. The molecule has 0 atom stereocenters. The molecule has 0 aliphatic carbocycles. The summed E-state index contributed by atoms with van der Waals surface area (Å²) in [5, 5.41) is 8.29. The third-order valence-electron chi connectivity index (χ3n) is 3.44. The van der Waals surface area contributed by atoms with E-state index in [2.05, 4.69) is 10.6 Å². The average molecular weight is 301 g/mol. The van der Waals surface area contributed by atoms with E-state index in [0.29, 0.717) is 12.8 Å². The molecule has 0 unspecified atom stereocenters. The number of fused-ring (bicyclic) bond motifs is 1. The number of rotatable bonds is 2. The Bertz CT molecular complexity index is 682. The first-order valence-electron chi connectivity index (χ1n) is 6.64. The van der Waals surface area contributed by atoms with Crippen molar-refractivity contribution in [3.63, 3.8) is 0 Å². The monoisotopic (exact) mass is 301 g/mol. The fourth-order valence-electron chi connectivity index (χ4n) is 2.36. The topological polar surface area (TPSA) is 61.4 Å². The van der Waals surface area contributed by atoms with Crippen LogP contribution in [0.1, 0.15) is 12.0 Å². The van der Waals surface area contributed by atoms with E-state index in [9.17, 15) is 9.59 Å². The van der Waals surface area contributed by atoms with Crippen molar-refractivity contribution in [1.82, 2.24) is 0 Å². The van der Waals surface area contributed by atoms with Crippen molar-refractivity contribution in [2.24, 2.45) is 0 Å². The summed E-state index contributed by atoms with van der Waals surface area (Å²) in [6, 6.07) is 9.06. The lowest BCUT2D eigenvalue weighted by atomic mass is 10.0. The van der Waals surface area contributed by atoms with E-state index in [1.54, 1.807) is 11.9 Å². The number of nitrogens with zero attached hydrogens (tertiary/aromatic N) is 1. The van der Waals surface area contributed by atoms with Crippen molar-refractivity contribution in [1.29, 1.82) is 0 Å². The van der Waals surface area contributed by atoms with E-state index in [1.807, 2.05) is 35.7 Å². The van der Waals surface area contributed by atoms with Crippen LogP contribution in [0.2, 0.25) is 0 Å². The molecule has 2 aromatic rings. The Morgan fingerprint density at radius 3 is 2.86 bits per heavy atom. The molecule has 0 saturated heterocycles. The molecule has 21 heavy (non-hydrogen) atoms. The zero-order chi connectivity index (χ0) is 14.8. The SMILES string of the molecule is CN1C(=O)CCc2cc(NC(=O)Nc3cccs3)ccc21. The smallest absolute Gasteiger partial charge is 0.315 e. The number of anilines is 3. The summed E-state index contributed by atoms with van der Waals surface area (Å²) in [7, 11) is 1.77. The minimum atomic E-state index is -0.266. The second-order valence-electron chi connectivity index (χ2n) is 4.85. The zero-order valence-corrected chi connectivity index (χ0v) is 12.4. The van der Waals surface area contributed by atoms with Crippen molar-refractivity contribution in [2.75, 3.05) is 22.6 Å². The van der Waals surface area contributed by atoms with Gasteiger partial charge in [0.2, 0.25) is 5.91 Å². The highest BCUT2D eigenvalue weighted by atomic mass is 32.1. The fourth-order valence-corrected chi connectivity index (χ4v) is 2.97. The number of hydrogen-bond donors (Lipinski definition) is 2. The Labute approximate surface area is 126 Å². The summed E-state index contributed by atoms with van der Waals surface area (Å²) in [5.41, 5.74) is 2.71. The van der Waals surface area contributed by atoms with Crippen molar-refractivity contribution in [3.8, 4) is 0 Å². The number of carbonyl (C=O) groups excluding carboxylic acids is 2. The fraction of sp³-hybridized carbons (Fsp3) is 0.200. The van der Waals surface area contributed by atoms with Crippen molar-refractivity contribution in [2.45, 2.75) is 12.8 Å². The number of aryl methyl sites for hydroxylation is 1. The van der Waals surface area contributed by atoms with E-state index in [4.69, 9.17) is 0 Å². The Balaban J connectivity index is 1.72. The molecule has 2 N–H and O–H groups in total. The minimum absolute atomic E-state index is 0.124. The largest absolute Gasteiger partial charge is 0.324 e. The van der Waals surface area contributed by atoms with Crippen LogP contribution in [-0.4, -0.2) is 19.0 Å². The van der Waals surface area contributed by atoms with Crippen LogP contribution in [0.25, 0.3) is 0 Å². The molecule has 1 aliphatic rings. The maximum atomic E-state index is 11.9. The van der Waals surface area contributed by atoms with Crippen LogP contribution in [0.15, 0.2) is 35.7 Å². The summed E-state index contributed by atoms with van der Waals surface area (Å²) in [6.07, 6.45) is 1.22. The van der Waals surface area contributed by atoms with Crippen LogP contribution < -0.4 is 15.5 Å². The van der Waals surface area contributed by atoms with Gasteiger partial charge in [-0.1, -0.05) is 0 Å². The van der Waals surface area contributed by atoms with Gasteiger partial charge in [-0.2, -0.15) is 0 Å². The third-order valence-corrected chi connectivity index (χ3v) is 4.22. The molecule has 0 spiro atoms. The van der Waals surface area contributed by atoms with Gasteiger partial charge in [0.25, 0.3) is 0 Å². The number of benzene rings is 1. The maximum absolute atomic E-state index is 11.9. The normalized spacial score (nSPS) is 13.8. The highest BCUT2D eigenvalue weighted by Crippen LogP contribution is 2.29. The van der Waals surface area contributed by atoms with Crippen LogP contribution >= 0.6 is 11.3 Å². The molecule has 1 aliphatic heterocycles. The van der Waals surface area contributed by atoms with Gasteiger partial charge >= 0.3 is 6.03 Å². The molecule has 2 heterocycles. The second kappa shape index (κ2) is 5.57. The van der Waals surface area contributed by atoms with Crippen LogP contribution in [0.4, 0.5) is 21.2 Å². The Hall–Kier alpha value is -2.34. The minimum Gasteiger partial charge on any atom is -0.315 e. The number of amides is 3. The first-order valence-corrected chi connectivity index (χ1v) is 7.52. The van der Waals surface area contributed by atoms with Crippen molar-refractivity contribution in [3.05, 3.63) is 41.3 Å². The zero-order valence-electron chi connectivity index (χ0n) is 11.6.